The molecule has 0 spiro atoms. The van der Waals surface area contributed by atoms with E-state index in [0.29, 0.717) is 0 Å². The molecule has 0 aliphatic rings. The van der Waals surface area contributed by atoms with Gasteiger partial charge >= 0.3 is 0 Å². The fraction of sp³-hybridized carbons (Fsp3) is 0.143. The summed E-state index contributed by atoms with van der Waals surface area (Å²) in [5.41, 5.74) is -0.325. The summed E-state index contributed by atoms with van der Waals surface area (Å²) in [6, 6.07) is 1.68. The van der Waals surface area contributed by atoms with E-state index in [1.165, 1.54) is 7.05 Å². The van der Waals surface area contributed by atoms with Crippen molar-refractivity contribution in [2.24, 2.45) is 0 Å². The van der Waals surface area contributed by atoms with E-state index in [-0.39, 0.29) is 10.7 Å². The molecule has 0 fully saturated rings. The van der Waals surface area contributed by atoms with Crippen LogP contribution >= 0.6 is 11.6 Å². The highest BCUT2D eigenvalue weighted by Gasteiger charge is 2.13. The molecule has 0 radical (unpaired) electrons. The Balaban J connectivity index is 3.16. The van der Waals surface area contributed by atoms with Crippen molar-refractivity contribution in [2.75, 3.05) is 11.8 Å². The molecule has 0 atom stereocenters. The predicted molar refractivity (Wildman–Crippen MR) is 54.7 cm³/mol. The van der Waals surface area contributed by atoms with Crippen LogP contribution in [0.15, 0.2) is 12.1 Å². The number of hydrogen-bond donors (Lipinski definition) is 3. The Labute approximate surface area is 91.1 Å². The van der Waals surface area contributed by atoms with E-state index in [4.69, 9.17) is 11.6 Å². The van der Waals surface area contributed by atoms with Crippen LogP contribution in [0.3, 0.4) is 0 Å². The fourth-order valence-corrected chi connectivity index (χ4v) is 1.59. The average Bonchev–Trinajstić information content (AvgIpc) is 2.13. The van der Waals surface area contributed by atoms with Gasteiger partial charge in [0.15, 0.2) is 5.75 Å². The van der Waals surface area contributed by atoms with Gasteiger partial charge in [-0.25, -0.2) is 9.11 Å². The third kappa shape index (κ3) is 2.95. The normalized spacial score (nSPS) is 11.4. The van der Waals surface area contributed by atoms with Crippen molar-refractivity contribution in [3.8, 4) is 5.75 Å². The second-order valence-electron chi connectivity index (χ2n) is 2.59. The van der Waals surface area contributed by atoms with Crippen molar-refractivity contribution in [1.82, 2.24) is 4.72 Å². The number of phenolic OH excluding ortho intramolecular Hbond substituents is 1. The second-order valence-corrected chi connectivity index (χ2v) is 4.62. The van der Waals surface area contributed by atoms with Crippen LogP contribution < -0.4 is 9.44 Å². The van der Waals surface area contributed by atoms with Gasteiger partial charge in [-0.2, -0.15) is 8.42 Å². The zero-order valence-corrected chi connectivity index (χ0v) is 9.16. The summed E-state index contributed by atoms with van der Waals surface area (Å²) in [5.74, 6) is -1.29. The third-order valence-electron chi connectivity index (χ3n) is 1.54. The summed E-state index contributed by atoms with van der Waals surface area (Å²) in [5, 5.41) is 9.05. The van der Waals surface area contributed by atoms with Gasteiger partial charge in [0.05, 0.1) is 10.7 Å². The number of rotatable bonds is 3. The quantitative estimate of drug-likeness (QED) is 0.706. The maximum absolute atomic E-state index is 12.8. The zero-order chi connectivity index (χ0) is 11.6. The highest BCUT2D eigenvalue weighted by molar-refractivity contribution is 7.90. The molecular formula is C7H8ClFN2O3S. The summed E-state index contributed by atoms with van der Waals surface area (Å²) in [6.45, 7) is 0. The lowest BCUT2D eigenvalue weighted by atomic mass is 10.3. The standard InChI is InChI=1S/C7H8ClFN2O3S/c1-10-15(13,14)11-6-3-4(9)2-5(8)7(6)12/h2-3,10-12H,1H3. The monoisotopic (exact) mass is 254 g/mol. The molecule has 3 N–H and O–H groups in total. The van der Waals surface area contributed by atoms with Gasteiger partial charge in [-0.1, -0.05) is 11.6 Å². The van der Waals surface area contributed by atoms with Crippen LogP contribution in [0.5, 0.6) is 5.75 Å². The Kier molecular flexibility index (Phi) is 3.38. The molecule has 0 aromatic heterocycles. The Morgan fingerprint density at radius 2 is 2.07 bits per heavy atom. The van der Waals surface area contributed by atoms with E-state index < -0.39 is 21.8 Å². The lowest BCUT2D eigenvalue weighted by Crippen LogP contribution is -2.26. The number of aromatic hydroxyl groups is 1. The molecule has 0 bridgehead atoms. The van der Waals surface area contributed by atoms with Gasteiger partial charge in [0.25, 0.3) is 10.2 Å². The Morgan fingerprint density at radius 3 is 2.60 bits per heavy atom. The first kappa shape index (κ1) is 12.0. The van der Waals surface area contributed by atoms with Crippen molar-refractivity contribution in [3.63, 3.8) is 0 Å². The molecule has 15 heavy (non-hydrogen) atoms. The van der Waals surface area contributed by atoms with E-state index >= 15 is 0 Å². The van der Waals surface area contributed by atoms with E-state index in [1.807, 2.05) is 9.44 Å². The highest BCUT2D eigenvalue weighted by Crippen LogP contribution is 2.32. The summed E-state index contributed by atoms with van der Waals surface area (Å²) < 4.78 is 38.8. The predicted octanol–water partition coefficient (Wildman–Crippen LogP) is 1.06. The molecule has 0 saturated carbocycles. The fourth-order valence-electron chi connectivity index (χ4n) is 0.840. The third-order valence-corrected chi connectivity index (χ3v) is 2.86. The molecule has 0 aliphatic carbocycles. The molecule has 84 valence electrons. The maximum Gasteiger partial charge on any atom is 0.298 e. The van der Waals surface area contributed by atoms with E-state index in [0.717, 1.165) is 12.1 Å². The van der Waals surface area contributed by atoms with Gasteiger partial charge in [-0.05, 0) is 6.07 Å². The lowest BCUT2D eigenvalue weighted by molar-refractivity contribution is 0.476. The SMILES string of the molecule is CNS(=O)(=O)Nc1cc(F)cc(Cl)c1O. The second kappa shape index (κ2) is 4.21. The molecule has 1 aromatic carbocycles. The molecule has 0 heterocycles. The smallest absolute Gasteiger partial charge is 0.298 e. The van der Waals surface area contributed by atoms with Gasteiger partial charge in [-0.3, -0.25) is 4.72 Å². The first-order valence-electron chi connectivity index (χ1n) is 3.75. The molecule has 0 unspecified atom stereocenters. The van der Waals surface area contributed by atoms with Crippen LogP contribution in [-0.2, 0) is 10.2 Å². The number of anilines is 1. The minimum absolute atomic E-state index is 0.274. The summed E-state index contributed by atoms with van der Waals surface area (Å²) in [6.07, 6.45) is 0. The summed E-state index contributed by atoms with van der Waals surface area (Å²) in [4.78, 5) is 0. The number of benzene rings is 1. The zero-order valence-electron chi connectivity index (χ0n) is 7.58. The van der Waals surface area contributed by atoms with E-state index in [1.54, 1.807) is 0 Å². The highest BCUT2D eigenvalue weighted by atomic mass is 35.5. The van der Waals surface area contributed by atoms with Gasteiger partial charge in [-0.15, -0.1) is 0 Å². The van der Waals surface area contributed by atoms with Crippen LogP contribution in [0, 0.1) is 5.82 Å². The number of hydrogen-bond acceptors (Lipinski definition) is 3. The molecule has 0 aliphatic heterocycles. The minimum Gasteiger partial charge on any atom is -0.504 e. The molecule has 1 aromatic rings. The number of halogens is 2. The average molecular weight is 255 g/mol. The molecule has 5 nitrogen and oxygen atoms in total. The number of phenols is 1. The van der Waals surface area contributed by atoms with Gasteiger partial charge < -0.3 is 5.11 Å². The molecule has 0 amide bonds. The van der Waals surface area contributed by atoms with Gasteiger partial charge in [0.2, 0.25) is 0 Å². The maximum atomic E-state index is 12.8. The molecule has 0 saturated heterocycles. The molecular weight excluding hydrogens is 247 g/mol. The topological polar surface area (TPSA) is 78.4 Å². The number of nitrogens with one attached hydrogen (secondary N) is 2. The van der Waals surface area contributed by atoms with Crippen molar-refractivity contribution >= 4 is 27.5 Å². The van der Waals surface area contributed by atoms with Crippen LogP contribution in [0.2, 0.25) is 5.02 Å². The van der Waals surface area contributed by atoms with Gasteiger partial charge in [0, 0.05) is 13.1 Å². The van der Waals surface area contributed by atoms with Crippen LogP contribution in [0.25, 0.3) is 0 Å². The summed E-state index contributed by atoms with van der Waals surface area (Å²) in [7, 11) is -2.65. The summed E-state index contributed by atoms with van der Waals surface area (Å²) >= 11 is 5.45. The molecule has 1 rings (SSSR count). The Morgan fingerprint density at radius 1 is 1.47 bits per heavy atom. The van der Waals surface area contributed by atoms with Crippen LogP contribution in [0.4, 0.5) is 10.1 Å². The lowest BCUT2D eigenvalue weighted by Gasteiger charge is -2.09. The first-order chi connectivity index (χ1) is 6.85. The van der Waals surface area contributed by atoms with Crippen LogP contribution in [-0.4, -0.2) is 20.6 Å². The van der Waals surface area contributed by atoms with Crippen molar-refractivity contribution in [3.05, 3.63) is 23.0 Å². The largest absolute Gasteiger partial charge is 0.504 e. The van der Waals surface area contributed by atoms with Crippen LogP contribution in [0.1, 0.15) is 0 Å². The molecule has 8 heteroatoms. The van der Waals surface area contributed by atoms with Crippen molar-refractivity contribution in [1.29, 1.82) is 0 Å². The Bertz CT molecular complexity index is 477. The first-order valence-corrected chi connectivity index (χ1v) is 5.61. The van der Waals surface area contributed by atoms with Crippen molar-refractivity contribution < 1.29 is 17.9 Å². The minimum atomic E-state index is -3.81. The van der Waals surface area contributed by atoms with E-state index in [2.05, 4.69) is 0 Å². The van der Waals surface area contributed by atoms with E-state index in [9.17, 15) is 17.9 Å². The van der Waals surface area contributed by atoms with Gasteiger partial charge in [0.1, 0.15) is 5.82 Å². The van der Waals surface area contributed by atoms with Crippen molar-refractivity contribution in [2.45, 2.75) is 0 Å². The Hall–Kier alpha value is -1.05.